The maximum atomic E-state index is 14.0. The van der Waals surface area contributed by atoms with Crippen LogP contribution >= 0.6 is 0 Å². The van der Waals surface area contributed by atoms with Crippen molar-refractivity contribution in [3.8, 4) is 0 Å². The molecular weight excluding hydrogens is 320 g/mol. The summed E-state index contributed by atoms with van der Waals surface area (Å²) in [5, 5.41) is 11.2. The van der Waals surface area contributed by atoms with Gasteiger partial charge in [-0.15, -0.1) is 0 Å². The number of ether oxygens (including phenoxy) is 2. The number of allylic oxidation sites excluding steroid dienone is 2. The Labute approximate surface area is 139 Å². The van der Waals surface area contributed by atoms with Gasteiger partial charge in [0.1, 0.15) is 13.0 Å². The lowest BCUT2D eigenvalue weighted by atomic mass is 9.91. The Morgan fingerprint density at radius 1 is 1.25 bits per heavy atom. The summed E-state index contributed by atoms with van der Waals surface area (Å²) in [4.78, 5) is 10.1. The van der Waals surface area contributed by atoms with Crippen LogP contribution in [0.2, 0.25) is 0 Å². The highest BCUT2D eigenvalue weighted by atomic mass is 19.1. The molecule has 2 aliphatic carbocycles. The van der Waals surface area contributed by atoms with Gasteiger partial charge in [0.2, 0.25) is 0 Å². The lowest BCUT2D eigenvalue weighted by Crippen LogP contribution is -2.47. The summed E-state index contributed by atoms with van der Waals surface area (Å²) < 4.78 is 46.4. The minimum absolute atomic E-state index is 0.337. The van der Waals surface area contributed by atoms with Gasteiger partial charge in [-0.2, -0.15) is 0 Å². The van der Waals surface area contributed by atoms with Crippen LogP contribution < -0.4 is 0 Å². The van der Waals surface area contributed by atoms with Crippen LogP contribution in [0.15, 0.2) is 54.1 Å². The lowest BCUT2D eigenvalue weighted by Gasteiger charge is -2.38. The SMILES string of the molecule is [2H]C1([N+](=O)[O-])C=C(F)C=C(F)C1OC1CCC1OCc1ccccc1. The second kappa shape index (κ2) is 7.19. The highest BCUT2D eigenvalue weighted by Crippen LogP contribution is 2.33. The van der Waals surface area contributed by atoms with Gasteiger partial charge in [0.15, 0.2) is 6.10 Å². The Morgan fingerprint density at radius 2 is 1.96 bits per heavy atom. The predicted octanol–water partition coefficient (Wildman–Crippen LogP) is 3.49. The highest BCUT2D eigenvalue weighted by molar-refractivity contribution is 5.26. The molecule has 0 heterocycles. The summed E-state index contributed by atoms with van der Waals surface area (Å²) in [6.45, 7) is 0.337. The van der Waals surface area contributed by atoms with E-state index in [9.17, 15) is 18.9 Å². The van der Waals surface area contributed by atoms with Gasteiger partial charge in [0.05, 0.1) is 18.8 Å². The van der Waals surface area contributed by atoms with E-state index in [4.69, 9.17) is 10.8 Å². The van der Waals surface area contributed by atoms with Crippen molar-refractivity contribution in [1.82, 2.24) is 0 Å². The normalized spacial score (nSPS) is 33.1. The van der Waals surface area contributed by atoms with Crippen molar-refractivity contribution in [3.05, 3.63) is 69.8 Å². The zero-order valence-electron chi connectivity index (χ0n) is 13.7. The molecule has 5 nitrogen and oxygen atoms in total. The van der Waals surface area contributed by atoms with Gasteiger partial charge in [-0.05, 0) is 18.4 Å². The van der Waals surface area contributed by atoms with Crippen molar-refractivity contribution in [2.45, 2.75) is 43.8 Å². The largest absolute Gasteiger partial charge is 0.371 e. The maximum Gasteiger partial charge on any atom is 0.266 e. The molecule has 0 N–H and O–H groups in total. The van der Waals surface area contributed by atoms with E-state index in [1.165, 1.54) is 0 Å². The first-order valence-electron chi connectivity index (χ1n) is 8.11. The third-order valence-corrected chi connectivity index (χ3v) is 4.06. The number of halogens is 2. The maximum absolute atomic E-state index is 14.0. The molecule has 0 spiro atoms. The van der Waals surface area contributed by atoms with Crippen LogP contribution in [0.25, 0.3) is 0 Å². The number of hydrogen-bond donors (Lipinski definition) is 0. The minimum Gasteiger partial charge on any atom is -0.371 e. The van der Waals surface area contributed by atoms with E-state index in [0.29, 0.717) is 31.6 Å². The molecule has 7 heteroatoms. The Hall–Kier alpha value is -2.12. The van der Waals surface area contributed by atoms with Crippen molar-refractivity contribution in [2.75, 3.05) is 0 Å². The van der Waals surface area contributed by atoms with Gasteiger partial charge >= 0.3 is 0 Å². The van der Waals surface area contributed by atoms with Gasteiger partial charge in [0, 0.05) is 17.1 Å². The van der Waals surface area contributed by atoms with Crippen molar-refractivity contribution < 1.29 is 24.5 Å². The fourth-order valence-corrected chi connectivity index (χ4v) is 2.63. The minimum atomic E-state index is -2.73. The molecule has 128 valence electrons. The van der Waals surface area contributed by atoms with Crippen LogP contribution in [0.4, 0.5) is 8.78 Å². The fourth-order valence-electron chi connectivity index (χ4n) is 2.63. The molecule has 0 saturated heterocycles. The molecule has 4 atom stereocenters. The summed E-state index contributed by atoms with van der Waals surface area (Å²) in [5.41, 5.74) is 0.960. The standard InChI is InChI=1S/C17H17F2NO4/c18-12-8-13(19)17(14(9-12)20(21)22)24-16-7-6-15(16)23-10-11-4-2-1-3-5-11/h1-5,8-9,14-17H,6-7,10H2/i14D. The average molecular weight is 338 g/mol. The summed E-state index contributed by atoms with van der Waals surface area (Å²) in [6.07, 6.45) is -0.549. The van der Waals surface area contributed by atoms with Gasteiger partial charge in [0.25, 0.3) is 6.02 Å². The van der Waals surface area contributed by atoms with Crippen LogP contribution in [-0.4, -0.2) is 29.3 Å². The Balaban J connectivity index is 1.64. The molecule has 4 unspecified atom stereocenters. The van der Waals surface area contributed by atoms with E-state index in [0.717, 1.165) is 5.56 Å². The van der Waals surface area contributed by atoms with Crippen molar-refractivity contribution in [1.29, 1.82) is 0 Å². The first-order chi connectivity index (χ1) is 11.9. The van der Waals surface area contributed by atoms with Gasteiger partial charge in [-0.1, -0.05) is 30.3 Å². The van der Waals surface area contributed by atoms with Gasteiger partial charge in [-0.25, -0.2) is 8.78 Å². The molecule has 2 aliphatic rings. The molecule has 0 radical (unpaired) electrons. The molecule has 1 aromatic carbocycles. The predicted molar refractivity (Wildman–Crippen MR) is 82.1 cm³/mol. The average Bonchev–Trinajstić information content (AvgIpc) is 2.54. The van der Waals surface area contributed by atoms with Gasteiger partial charge in [-0.3, -0.25) is 10.1 Å². The molecule has 3 rings (SSSR count). The van der Waals surface area contributed by atoms with E-state index in [-0.39, 0.29) is 6.10 Å². The monoisotopic (exact) mass is 338 g/mol. The fraction of sp³-hybridized carbons (Fsp3) is 0.412. The highest BCUT2D eigenvalue weighted by Gasteiger charge is 2.43. The zero-order valence-corrected chi connectivity index (χ0v) is 12.7. The number of nitro groups is 1. The van der Waals surface area contributed by atoms with E-state index in [1.807, 2.05) is 30.3 Å². The van der Waals surface area contributed by atoms with E-state index < -0.39 is 34.8 Å². The first-order valence-corrected chi connectivity index (χ1v) is 7.61. The topological polar surface area (TPSA) is 61.6 Å². The molecule has 0 amide bonds. The quantitative estimate of drug-likeness (QED) is 0.588. The number of hydrogen-bond acceptors (Lipinski definition) is 4. The van der Waals surface area contributed by atoms with Crippen LogP contribution in [0, 0.1) is 10.1 Å². The summed E-state index contributed by atoms with van der Waals surface area (Å²) >= 11 is 0. The van der Waals surface area contributed by atoms with Crippen LogP contribution in [0.1, 0.15) is 19.8 Å². The Morgan fingerprint density at radius 3 is 2.58 bits per heavy atom. The van der Waals surface area contributed by atoms with Crippen molar-refractivity contribution in [3.63, 3.8) is 0 Å². The van der Waals surface area contributed by atoms with E-state index in [1.54, 1.807) is 0 Å². The summed E-state index contributed by atoms with van der Waals surface area (Å²) in [5.74, 6) is -2.32. The van der Waals surface area contributed by atoms with Crippen molar-refractivity contribution >= 4 is 0 Å². The lowest BCUT2D eigenvalue weighted by molar-refractivity contribution is -0.522. The summed E-state index contributed by atoms with van der Waals surface area (Å²) in [7, 11) is 0. The molecule has 1 aromatic rings. The third-order valence-electron chi connectivity index (χ3n) is 4.06. The smallest absolute Gasteiger partial charge is 0.266 e. The molecule has 1 saturated carbocycles. The summed E-state index contributed by atoms with van der Waals surface area (Å²) in [6, 6.07) is 6.70. The molecule has 0 aliphatic heterocycles. The molecule has 24 heavy (non-hydrogen) atoms. The van der Waals surface area contributed by atoms with E-state index in [2.05, 4.69) is 0 Å². The van der Waals surface area contributed by atoms with Crippen LogP contribution in [0.5, 0.6) is 0 Å². The molecule has 0 aromatic heterocycles. The number of benzene rings is 1. The third kappa shape index (κ3) is 3.68. The second-order valence-corrected chi connectivity index (χ2v) is 5.71. The van der Waals surface area contributed by atoms with Gasteiger partial charge < -0.3 is 9.47 Å². The van der Waals surface area contributed by atoms with Crippen molar-refractivity contribution in [2.24, 2.45) is 0 Å². The zero-order chi connectivity index (χ0) is 18.0. The van der Waals surface area contributed by atoms with Crippen LogP contribution in [0.3, 0.4) is 0 Å². The molecule has 1 fully saturated rings. The molecule has 0 bridgehead atoms. The Kier molecular flexibility index (Phi) is 4.62. The second-order valence-electron chi connectivity index (χ2n) is 5.71. The number of nitrogens with zero attached hydrogens (tertiary/aromatic N) is 1. The Bertz CT molecular complexity index is 712. The first kappa shape index (κ1) is 15.4. The molecular formula is C17H17F2NO4. The van der Waals surface area contributed by atoms with E-state index >= 15 is 0 Å². The number of rotatable bonds is 6. The van der Waals surface area contributed by atoms with Crippen LogP contribution in [-0.2, 0) is 16.1 Å².